The number of hydrogen-bond acceptors (Lipinski definition) is 4. The van der Waals surface area contributed by atoms with E-state index in [1.807, 2.05) is 6.07 Å². The minimum absolute atomic E-state index is 0.271. The van der Waals surface area contributed by atoms with Crippen molar-refractivity contribution in [2.45, 2.75) is 51.6 Å². The van der Waals surface area contributed by atoms with Gasteiger partial charge in [-0.2, -0.15) is 5.10 Å². The number of hydrogen-bond donors (Lipinski definition) is 3. The molecule has 1 aliphatic heterocycles. The van der Waals surface area contributed by atoms with E-state index >= 15 is 0 Å². The first-order valence-corrected chi connectivity index (χ1v) is 8.32. The molecule has 0 aliphatic carbocycles. The molecule has 1 aromatic heterocycles. The summed E-state index contributed by atoms with van der Waals surface area (Å²) < 4.78 is 0. The minimum Gasteiger partial charge on any atom is -0.508 e. The Morgan fingerprint density at radius 1 is 1.32 bits per heavy atom. The van der Waals surface area contributed by atoms with Crippen molar-refractivity contribution in [2.24, 2.45) is 0 Å². The third kappa shape index (κ3) is 3.19. The van der Waals surface area contributed by atoms with Gasteiger partial charge in [0.05, 0.1) is 5.52 Å². The highest BCUT2D eigenvalue weighted by molar-refractivity contribution is 5.90. The summed E-state index contributed by atoms with van der Waals surface area (Å²) in [7, 11) is 0. The van der Waals surface area contributed by atoms with Gasteiger partial charge in [-0.15, -0.1) is 0 Å². The second-order valence-electron chi connectivity index (χ2n) is 6.45. The van der Waals surface area contributed by atoms with Gasteiger partial charge in [0.25, 0.3) is 0 Å². The SMILES string of the molecule is CC1CCCC(C)N1CCCNc1n[nH]c2ccc(O)cc12. The monoisotopic (exact) mass is 302 g/mol. The smallest absolute Gasteiger partial charge is 0.155 e. The van der Waals surface area contributed by atoms with Crippen LogP contribution in [0.4, 0.5) is 5.82 Å². The van der Waals surface area contributed by atoms with Crippen LogP contribution < -0.4 is 5.32 Å². The number of anilines is 1. The highest BCUT2D eigenvalue weighted by Gasteiger charge is 2.23. The van der Waals surface area contributed by atoms with E-state index in [1.165, 1.54) is 19.3 Å². The minimum atomic E-state index is 0.271. The van der Waals surface area contributed by atoms with E-state index in [4.69, 9.17) is 0 Å². The Bertz CT molecular complexity index is 614. The van der Waals surface area contributed by atoms with E-state index in [0.717, 1.165) is 36.2 Å². The number of phenolic OH excluding ortho intramolecular Hbond substituents is 1. The van der Waals surface area contributed by atoms with Crippen molar-refractivity contribution in [2.75, 3.05) is 18.4 Å². The normalized spacial score (nSPS) is 23.0. The molecule has 3 rings (SSSR count). The van der Waals surface area contributed by atoms with Gasteiger partial charge in [-0.3, -0.25) is 10.00 Å². The molecule has 2 unspecified atom stereocenters. The number of fused-ring (bicyclic) bond motifs is 1. The zero-order valence-electron chi connectivity index (χ0n) is 13.5. The zero-order valence-corrected chi connectivity index (χ0v) is 13.5. The molecule has 1 aromatic carbocycles. The van der Waals surface area contributed by atoms with Gasteiger partial charge in [-0.25, -0.2) is 0 Å². The fourth-order valence-electron chi connectivity index (χ4n) is 3.52. The first-order chi connectivity index (χ1) is 10.6. The van der Waals surface area contributed by atoms with Crippen LogP contribution in [-0.4, -0.2) is 45.4 Å². The summed E-state index contributed by atoms with van der Waals surface area (Å²) >= 11 is 0. The average Bonchev–Trinajstić information content (AvgIpc) is 2.88. The highest BCUT2D eigenvalue weighted by atomic mass is 16.3. The lowest BCUT2D eigenvalue weighted by Gasteiger charge is -2.39. The summed E-state index contributed by atoms with van der Waals surface area (Å²) in [6.07, 6.45) is 5.10. The van der Waals surface area contributed by atoms with Gasteiger partial charge >= 0.3 is 0 Å². The number of aromatic hydroxyl groups is 1. The molecule has 120 valence electrons. The number of nitrogens with zero attached hydrogens (tertiary/aromatic N) is 2. The predicted molar refractivity (Wildman–Crippen MR) is 90.3 cm³/mol. The molecule has 0 bridgehead atoms. The van der Waals surface area contributed by atoms with Crippen molar-refractivity contribution in [3.63, 3.8) is 0 Å². The summed E-state index contributed by atoms with van der Waals surface area (Å²) in [5.41, 5.74) is 0.943. The fraction of sp³-hybridized carbons (Fsp3) is 0.588. The third-order valence-electron chi connectivity index (χ3n) is 4.81. The van der Waals surface area contributed by atoms with Crippen LogP contribution in [0.5, 0.6) is 5.75 Å². The number of H-pyrrole nitrogens is 1. The Balaban J connectivity index is 1.53. The first kappa shape index (κ1) is 15.2. The molecular formula is C17H26N4O. The molecule has 1 saturated heterocycles. The zero-order chi connectivity index (χ0) is 15.5. The van der Waals surface area contributed by atoms with Crippen LogP contribution in [0, 0.1) is 0 Å². The van der Waals surface area contributed by atoms with Crippen molar-refractivity contribution < 1.29 is 5.11 Å². The van der Waals surface area contributed by atoms with Crippen molar-refractivity contribution in [3.8, 4) is 5.75 Å². The predicted octanol–water partition coefficient (Wildman–Crippen LogP) is 3.33. The van der Waals surface area contributed by atoms with Crippen LogP contribution in [0.1, 0.15) is 39.5 Å². The van der Waals surface area contributed by atoms with Crippen LogP contribution in [-0.2, 0) is 0 Å². The number of nitrogens with one attached hydrogen (secondary N) is 2. The molecule has 0 radical (unpaired) electrons. The van der Waals surface area contributed by atoms with Crippen molar-refractivity contribution in [1.29, 1.82) is 0 Å². The first-order valence-electron chi connectivity index (χ1n) is 8.32. The van der Waals surface area contributed by atoms with Gasteiger partial charge in [0.1, 0.15) is 5.75 Å². The Labute approximate surface area is 131 Å². The molecule has 5 nitrogen and oxygen atoms in total. The van der Waals surface area contributed by atoms with E-state index in [-0.39, 0.29) is 5.75 Å². The molecule has 0 spiro atoms. The molecule has 3 N–H and O–H groups in total. The van der Waals surface area contributed by atoms with Gasteiger partial charge in [0.15, 0.2) is 5.82 Å². The summed E-state index contributed by atoms with van der Waals surface area (Å²) in [5.74, 6) is 1.10. The standard InChI is InChI=1S/C17H26N4O/c1-12-5-3-6-13(2)21(12)10-4-9-18-17-15-11-14(22)7-8-16(15)19-20-17/h7-8,11-13,22H,3-6,9-10H2,1-2H3,(H2,18,19,20). The Morgan fingerprint density at radius 2 is 2.09 bits per heavy atom. The fourth-order valence-corrected chi connectivity index (χ4v) is 3.52. The summed E-state index contributed by atoms with van der Waals surface area (Å²) in [4.78, 5) is 2.62. The van der Waals surface area contributed by atoms with Crippen molar-refractivity contribution >= 4 is 16.7 Å². The van der Waals surface area contributed by atoms with Crippen molar-refractivity contribution in [3.05, 3.63) is 18.2 Å². The molecule has 1 fully saturated rings. The second-order valence-corrected chi connectivity index (χ2v) is 6.45. The molecule has 5 heteroatoms. The topological polar surface area (TPSA) is 64.2 Å². The van der Waals surface area contributed by atoms with Gasteiger partial charge in [0, 0.05) is 30.6 Å². The lowest BCUT2D eigenvalue weighted by atomic mass is 9.97. The van der Waals surface area contributed by atoms with E-state index < -0.39 is 0 Å². The van der Waals surface area contributed by atoms with E-state index in [9.17, 15) is 5.11 Å². The summed E-state index contributed by atoms with van der Waals surface area (Å²) in [6.45, 7) is 6.70. The molecule has 0 amide bonds. The lowest BCUT2D eigenvalue weighted by molar-refractivity contribution is 0.103. The number of aromatic nitrogens is 2. The molecular weight excluding hydrogens is 276 g/mol. The largest absolute Gasteiger partial charge is 0.508 e. The van der Waals surface area contributed by atoms with Crippen LogP contribution in [0.2, 0.25) is 0 Å². The van der Waals surface area contributed by atoms with Gasteiger partial charge in [0.2, 0.25) is 0 Å². The Kier molecular flexibility index (Phi) is 4.52. The van der Waals surface area contributed by atoms with Crippen LogP contribution in [0.3, 0.4) is 0 Å². The summed E-state index contributed by atoms with van der Waals surface area (Å²) in [6, 6.07) is 6.66. The van der Waals surface area contributed by atoms with Crippen LogP contribution in [0.25, 0.3) is 10.9 Å². The summed E-state index contributed by atoms with van der Waals surface area (Å²) in [5, 5.41) is 21.2. The average molecular weight is 302 g/mol. The molecule has 2 aromatic rings. The van der Waals surface area contributed by atoms with E-state index in [2.05, 4.69) is 34.3 Å². The second kappa shape index (κ2) is 6.57. The van der Waals surface area contributed by atoms with Crippen LogP contribution in [0.15, 0.2) is 18.2 Å². The number of rotatable bonds is 5. The lowest BCUT2D eigenvalue weighted by Crippen LogP contribution is -2.44. The van der Waals surface area contributed by atoms with Crippen LogP contribution >= 0.6 is 0 Å². The third-order valence-corrected chi connectivity index (χ3v) is 4.81. The quantitative estimate of drug-likeness (QED) is 0.741. The number of likely N-dealkylation sites (tertiary alicyclic amines) is 1. The highest BCUT2D eigenvalue weighted by Crippen LogP contribution is 2.25. The molecule has 2 heterocycles. The molecule has 2 atom stereocenters. The molecule has 22 heavy (non-hydrogen) atoms. The molecule has 1 aliphatic rings. The van der Waals surface area contributed by atoms with Gasteiger partial charge < -0.3 is 10.4 Å². The number of piperidine rings is 1. The van der Waals surface area contributed by atoms with Gasteiger partial charge in [-0.1, -0.05) is 6.42 Å². The maximum absolute atomic E-state index is 9.60. The van der Waals surface area contributed by atoms with E-state index in [1.54, 1.807) is 12.1 Å². The van der Waals surface area contributed by atoms with E-state index in [0.29, 0.717) is 12.1 Å². The van der Waals surface area contributed by atoms with Crippen molar-refractivity contribution in [1.82, 2.24) is 15.1 Å². The maximum Gasteiger partial charge on any atom is 0.155 e. The maximum atomic E-state index is 9.60. The number of phenols is 1. The Hall–Kier alpha value is -1.75. The molecule has 0 saturated carbocycles. The van der Waals surface area contributed by atoms with Gasteiger partial charge in [-0.05, 0) is 51.3 Å². The number of aromatic amines is 1. The number of benzene rings is 1. The Morgan fingerprint density at radius 3 is 2.86 bits per heavy atom.